The van der Waals surface area contributed by atoms with Crippen LogP contribution in [0.3, 0.4) is 0 Å². The zero-order valence-corrected chi connectivity index (χ0v) is 18.1. The summed E-state index contributed by atoms with van der Waals surface area (Å²) in [5, 5.41) is 0. The van der Waals surface area contributed by atoms with Crippen molar-refractivity contribution in [3.05, 3.63) is 97.6 Å². The molecule has 162 valence electrons. The minimum Gasteiger partial charge on any atom is -0.282 e. The van der Waals surface area contributed by atoms with E-state index in [9.17, 15) is 16.8 Å². The van der Waals surface area contributed by atoms with Gasteiger partial charge in [-0.3, -0.25) is 9.11 Å². The number of hydrogen-bond acceptors (Lipinski definition) is 4. The van der Waals surface area contributed by atoms with Crippen LogP contribution in [0, 0.1) is 0 Å². The Balaban J connectivity index is 1.53. The van der Waals surface area contributed by atoms with Crippen LogP contribution in [0.4, 0.5) is 0 Å². The van der Waals surface area contributed by atoms with Gasteiger partial charge in [-0.2, -0.15) is 26.0 Å². The van der Waals surface area contributed by atoms with E-state index in [0.717, 1.165) is 22.5 Å². The third-order valence-electron chi connectivity index (χ3n) is 4.86. The van der Waals surface area contributed by atoms with E-state index in [1.54, 1.807) is 24.3 Å². The van der Waals surface area contributed by atoms with Gasteiger partial charge in [0.1, 0.15) is 0 Å². The molecular weight excluding hydrogens is 452 g/mol. The molecule has 0 bridgehead atoms. The Morgan fingerprint density at radius 3 is 1.00 bits per heavy atom. The van der Waals surface area contributed by atoms with Gasteiger partial charge >= 0.3 is 0 Å². The van der Waals surface area contributed by atoms with Crippen molar-refractivity contribution in [2.45, 2.75) is 9.79 Å². The monoisotopic (exact) mass is 470 g/mol. The van der Waals surface area contributed by atoms with Crippen molar-refractivity contribution < 1.29 is 35.1 Å². The van der Waals surface area contributed by atoms with Gasteiger partial charge in [-0.25, -0.2) is 0 Å². The largest absolute Gasteiger partial charge is 0.294 e. The fourth-order valence-corrected chi connectivity index (χ4v) is 4.12. The molecule has 0 aliphatic carbocycles. The van der Waals surface area contributed by atoms with Gasteiger partial charge in [0.25, 0.3) is 20.2 Å². The zero-order chi connectivity index (χ0) is 22.9. The summed E-state index contributed by atoms with van der Waals surface area (Å²) in [6.45, 7) is 0. The van der Waals surface area contributed by atoms with Gasteiger partial charge in [-0.1, -0.05) is 0 Å². The van der Waals surface area contributed by atoms with Crippen LogP contribution in [-0.4, -0.2) is 25.9 Å². The fraction of sp³-hybridized carbons (Fsp3) is 0. The summed E-state index contributed by atoms with van der Waals surface area (Å²) in [7, 11) is -8.45. The molecule has 4 aromatic rings. The van der Waals surface area contributed by atoms with E-state index in [1.165, 1.54) is 24.3 Å². The standard InChI is InChI=1S/C22H16N2O6S2/c25-31(26,27)21-5-1-19(2-6-21)23-13-9-17(10-14-23)18-11-15-24(16-12-18)20-3-7-22(8-4-20)32(28,29)30/h1-16H/p+2. The lowest BCUT2D eigenvalue weighted by atomic mass is 10.1. The fourth-order valence-electron chi connectivity index (χ4n) is 3.16. The highest BCUT2D eigenvalue weighted by atomic mass is 32.2. The van der Waals surface area contributed by atoms with Crippen LogP contribution in [0.1, 0.15) is 0 Å². The maximum Gasteiger partial charge on any atom is 0.294 e. The van der Waals surface area contributed by atoms with Crippen LogP contribution in [0.25, 0.3) is 22.5 Å². The molecule has 0 spiro atoms. The molecule has 2 N–H and O–H groups in total. The Kier molecular flexibility index (Phi) is 5.61. The van der Waals surface area contributed by atoms with E-state index in [0.29, 0.717) is 0 Å². The van der Waals surface area contributed by atoms with E-state index in [1.807, 2.05) is 58.2 Å². The van der Waals surface area contributed by atoms with Gasteiger partial charge in [0.15, 0.2) is 24.8 Å². The highest BCUT2D eigenvalue weighted by molar-refractivity contribution is 7.86. The van der Waals surface area contributed by atoms with Crippen LogP contribution in [0.2, 0.25) is 0 Å². The third-order valence-corrected chi connectivity index (χ3v) is 6.59. The van der Waals surface area contributed by atoms with Gasteiger partial charge < -0.3 is 0 Å². The van der Waals surface area contributed by atoms with Crippen molar-refractivity contribution >= 4 is 20.2 Å². The van der Waals surface area contributed by atoms with E-state index < -0.39 is 20.2 Å². The molecule has 8 nitrogen and oxygen atoms in total. The molecule has 0 unspecified atom stereocenters. The Morgan fingerprint density at radius 2 is 0.750 bits per heavy atom. The van der Waals surface area contributed by atoms with Crippen LogP contribution in [-0.2, 0) is 20.2 Å². The topological polar surface area (TPSA) is 117 Å². The maximum atomic E-state index is 11.2. The van der Waals surface area contributed by atoms with Gasteiger partial charge in [0.2, 0.25) is 11.4 Å². The van der Waals surface area contributed by atoms with Gasteiger partial charge in [0, 0.05) is 48.5 Å². The number of benzene rings is 2. The number of pyridine rings is 2. The Labute approximate surface area is 185 Å². The second kappa shape index (κ2) is 8.24. The molecule has 2 heterocycles. The minimum atomic E-state index is -4.23. The molecule has 0 saturated heterocycles. The molecule has 2 aromatic carbocycles. The Morgan fingerprint density at radius 1 is 0.469 bits per heavy atom. The number of nitrogens with zero attached hydrogens (tertiary/aromatic N) is 2. The summed E-state index contributed by atoms with van der Waals surface area (Å²) in [4.78, 5) is -0.327. The summed E-state index contributed by atoms with van der Waals surface area (Å²) in [5.41, 5.74) is 3.40. The predicted molar refractivity (Wildman–Crippen MR) is 115 cm³/mol. The lowest BCUT2D eigenvalue weighted by Crippen LogP contribution is -2.29. The van der Waals surface area contributed by atoms with Crippen molar-refractivity contribution in [2.24, 2.45) is 0 Å². The number of aromatic nitrogens is 2. The van der Waals surface area contributed by atoms with E-state index >= 15 is 0 Å². The second-order valence-corrected chi connectivity index (χ2v) is 9.77. The quantitative estimate of drug-likeness (QED) is 0.342. The number of hydrogen-bond donors (Lipinski definition) is 2. The average Bonchev–Trinajstić information content (AvgIpc) is 2.78. The summed E-state index contributed by atoms with van der Waals surface area (Å²) in [5.74, 6) is 0. The van der Waals surface area contributed by atoms with E-state index in [2.05, 4.69) is 0 Å². The van der Waals surface area contributed by atoms with Crippen LogP contribution in [0.15, 0.2) is 107 Å². The molecule has 2 aromatic heterocycles. The van der Waals surface area contributed by atoms with Gasteiger partial charge in [-0.15, -0.1) is 0 Å². The summed E-state index contributed by atoms with van der Waals surface area (Å²) in [6, 6.07) is 19.4. The first-order valence-corrected chi connectivity index (χ1v) is 12.2. The van der Waals surface area contributed by atoms with Crippen molar-refractivity contribution in [3.63, 3.8) is 0 Å². The van der Waals surface area contributed by atoms with Crippen molar-refractivity contribution in [1.82, 2.24) is 0 Å². The molecule has 0 amide bonds. The highest BCUT2D eigenvalue weighted by Crippen LogP contribution is 2.17. The summed E-state index contributed by atoms with van der Waals surface area (Å²) < 4.78 is 66.4. The van der Waals surface area contributed by atoms with Crippen molar-refractivity contribution in [1.29, 1.82) is 0 Å². The Hall–Kier alpha value is -3.44. The normalized spacial score (nSPS) is 11.9. The highest BCUT2D eigenvalue weighted by Gasteiger charge is 2.14. The maximum absolute atomic E-state index is 11.2. The molecule has 0 fully saturated rings. The SMILES string of the molecule is O=S(=O)(O)c1ccc(-[n+]2ccc(-c3cc[n+](-c4ccc(S(=O)(=O)O)cc4)cc3)cc2)cc1. The predicted octanol–water partition coefficient (Wildman–Crippen LogP) is 2.40. The molecule has 0 atom stereocenters. The second-order valence-electron chi connectivity index (χ2n) is 6.93. The Bertz CT molecular complexity index is 1350. The first-order valence-electron chi connectivity index (χ1n) is 9.30. The lowest BCUT2D eigenvalue weighted by molar-refractivity contribution is -0.596. The summed E-state index contributed by atoms with van der Waals surface area (Å²) in [6.07, 6.45) is 7.36. The molecule has 10 heteroatoms. The van der Waals surface area contributed by atoms with Gasteiger partial charge in [0.05, 0.1) is 9.79 Å². The first-order chi connectivity index (χ1) is 15.1. The molecule has 0 aliphatic heterocycles. The zero-order valence-electron chi connectivity index (χ0n) is 16.5. The molecule has 4 rings (SSSR count). The number of rotatable bonds is 5. The lowest BCUT2D eigenvalue weighted by Gasteiger charge is -2.02. The van der Waals surface area contributed by atoms with Crippen molar-refractivity contribution in [3.8, 4) is 22.5 Å². The van der Waals surface area contributed by atoms with E-state index in [-0.39, 0.29) is 9.79 Å². The molecule has 0 aliphatic rings. The van der Waals surface area contributed by atoms with Crippen LogP contribution >= 0.6 is 0 Å². The van der Waals surface area contributed by atoms with Crippen molar-refractivity contribution in [2.75, 3.05) is 0 Å². The average molecular weight is 471 g/mol. The van der Waals surface area contributed by atoms with Crippen LogP contribution in [0.5, 0.6) is 0 Å². The smallest absolute Gasteiger partial charge is 0.282 e. The first kappa shape index (κ1) is 21.8. The molecular formula is C22H18N2O6S2+2. The molecule has 0 radical (unpaired) electrons. The molecule has 32 heavy (non-hydrogen) atoms. The minimum absolute atomic E-state index is 0.163. The molecule has 0 saturated carbocycles. The van der Waals surface area contributed by atoms with Gasteiger partial charge in [-0.05, 0) is 35.4 Å². The summed E-state index contributed by atoms with van der Waals surface area (Å²) >= 11 is 0. The van der Waals surface area contributed by atoms with E-state index in [4.69, 9.17) is 9.11 Å². The third kappa shape index (κ3) is 4.73. The van der Waals surface area contributed by atoms with Crippen LogP contribution < -0.4 is 9.13 Å².